The summed E-state index contributed by atoms with van der Waals surface area (Å²) in [4.78, 5) is 16.8. The summed E-state index contributed by atoms with van der Waals surface area (Å²) >= 11 is 6.02. The van der Waals surface area contributed by atoms with Gasteiger partial charge in [0.05, 0.1) is 12.6 Å². The van der Waals surface area contributed by atoms with Crippen LogP contribution in [0.25, 0.3) is 10.9 Å². The van der Waals surface area contributed by atoms with E-state index in [1.807, 2.05) is 24.3 Å². The number of hydrogen-bond donors (Lipinski definition) is 0. The van der Waals surface area contributed by atoms with E-state index >= 15 is 0 Å². The molecule has 0 unspecified atom stereocenters. The molecule has 0 bridgehead atoms. The van der Waals surface area contributed by atoms with Gasteiger partial charge in [0, 0.05) is 12.4 Å². The summed E-state index contributed by atoms with van der Waals surface area (Å²) in [5, 5.41) is 2.42. The second-order valence-corrected chi connectivity index (χ2v) is 3.71. The van der Waals surface area contributed by atoms with Crippen molar-refractivity contribution in [2.75, 3.05) is 14.2 Å². The van der Waals surface area contributed by atoms with Crippen LogP contribution in [-0.4, -0.2) is 29.8 Å². The molecule has 0 radical (unpaired) electrons. The normalized spacial score (nSPS) is 10.7. The van der Waals surface area contributed by atoms with Crippen LogP contribution >= 0.6 is 11.6 Å². The number of rotatable bonds is 1. The fourth-order valence-electron chi connectivity index (χ4n) is 1.53. The Hall–Kier alpha value is -1.52. The molecule has 0 atom stereocenters. The molecule has 4 nitrogen and oxygen atoms in total. The average Bonchev–Trinajstić information content (AvgIpc) is 2.63. The number of benzene rings is 1. The number of fused-ring (bicyclic) bond motifs is 1. The van der Waals surface area contributed by atoms with E-state index in [2.05, 4.69) is 0 Å². The van der Waals surface area contributed by atoms with Crippen LogP contribution in [0.4, 0.5) is 4.79 Å². The van der Waals surface area contributed by atoms with Crippen LogP contribution in [0.2, 0.25) is 5.15 Å². The van der Waals surface area contributed by atoms with Crippen molar-refractivity contribution in [3.05, 3.63) is 35.5 Å². The third-order valence-electron chi connectivity index (χ3n) is 2.40. The zero-order valence-corrected chi connectivity index (χ0v) is 9.73. The van der Waals surface area contributed by atoms with Gasteiger partial charge in [-0.1, -0.05) is 29.8 Å². The second kappa shape index (κ2) is 4.15. The molecule has 1 heterocycles. The third-order valence-corrected chi connectivity index (χ3v) is 2.68. The van der Waals surface area contributed by atoms with Gasteiger partial charge < -0.3 is 0 Å². The molecule has 0 N–H and O–H groups in total. The lowest BCUT2D eigenvalue weighted by Crippen LogP contribution is -2.29. The molecule has 0 spiro atoms. The molecule has 0 aliphatic heterocycles. The molecular formula is C11H11ClN2O2. The highest BCUT2D eigenvalue weighted by Crippen LogP contribution is 2.23. The Morgan fingerprint density at radius 1 is 1.44 bits per heavy atom. The predicted octanol–water partition coefficient (Wildman–Crippen LogP) is 2.76. The monoisotopic (exact) mass is 238 g/mol. The van der Waals surface area contributed by atoms with Gasteiger partial charge in [0.15, 0.2) is 0 Å². The van der Waals surface area contributed by atoms with E-state index < -0.39 is 0 Å². The van der Waals surface area contributed by atoms with Crippen LogP contribution in [0.15, 0.2) is 30.3 Å². The summed E-state index contributed by atoms with van der Waals surface area (Å²) < 4.78 is 1.40. The number of para-hydroxylation sites is 1. The van der Waals surface area contributed by atoms with Gasteiger partial charge in [-0.3, -0.25) is 4.84 Å². The molecule has 5 heteroatoms. The summed E-state index contributed by atoms with van der Waals surface area (Å²) in [5.41, 5.74) is 0.765. The zero-order valence-electron chi connectivity index (χ0n) is 8.98. The molecule has 2 aromatic rings. The number of aromatic nitrogens is 1. The van der Waals surface area contributed by atoms with E-state index in [0.29, 0.717) is 5.15 Å². The molecule has 1 aromatic carbocycles. The summed E-state index contributed by atoms with van der Waals surface area (Å²) in [6.45, 7) is 0. The van der Waals surface area contributed by atoms with E-state index in [9.17, 15) is 4.79 Å². The fraction of sp³-hybridized carbons (Fsp3) is 0.182. The van der Waals surface area contributed by atoms with Gasteiger partial charge in [0.2, 0.25) is 0 Å². The molecule has 0 saturated heterocycles. The maximum absolute atomic E-state index is 12.0. The van der Waals surface area contributed by atoms with Crippen LogP contribution in [-0.2, 0) is 4.84 Å². The van der Waals surface area contributed by atoms with Crippen molar-refractivity contribution in [3.63, 3.8) is 0 Å². The van der Waals surface area contributed by atoms with E-state index in [1.165, 1.54) is 18.7 Å². The van der Waals surface area contributed by atoms with Crippen molar-refractivity contribution in [2.24, 2.45) is 0 Å². The maximum Gasteiger partial charge on any atom is 0.353 e. The minimum Gasteiger partial charge on any atom is -0.273 e. The van der Waals surface area contributed by atoms with Crippen molar-refractivity contribution < 1.29 is 9.63 Å². The fourth-order valence-corrected chi connectivity index (χ4v) is 1.82. The van der Waals surface area contributed by atoms with Gasteiger partial charge in [0.25, 0.3) is 0 Å². The van der Waals surface area contributed by atoms with Crippen molar-refractivity contribution in [3.8, 4) is 0 Å². The van der Waals surface area contributed by atoms with E-state index in [1.54, 1.807) is 6.07 Å². The lowest BCUT2D eigenvalue weighted by Gasteiger charge is -2.15. The van der Waals surface area contributed by atoms with Gasteiger partial charge >= 0.3 is 6.03 Å². The topological polar surface area (TPSA) is 34.5 Å². The number of hydrogen-bond acceptors (Lipinski definition) is 2. The first kappa shape index (κ1) is 11.0. The standard InChI is InChI=1S/C11H11ClN2O2/c1-13(16-2)11(15)14-9-6-4-3-5-8(9)7-10(14)12/h3-7H,1-2H3. The number of carbonyl (C=O) groups is 1. The van der Waals surface area contributed by atoms with Crippen LogP contribution < -0.4 is 0 Å². The van der Waals surface area contributed by atoms with Gasteiger partial charge in [0.1, 0.15) is 5.15 Å². The Labute approximate surface area is 97.9 Å². The third kappa shape index (κ3) is 1.66. The molecule has 2 rings (SSSR count). The number of halogens is 1. The predicted molar refractivity (Wildman–Crippen MR) is 62.5 cm³/mol. The largest absolute Gasteiger partial charge is 0.353 e. The SMILES string of the molecule is CON(C)C(=O)n1c(Cl)cc2ccccc21. The summed E-state index contributed by atoms with van der Waals surface area (Å²) in [6.07, 6.45) is 0. The van der Waals surface area contributed by atoms with Crippen molar-refractivity contribution >= 4 is 28.5 Å². The average molecular weight is 239 g/mol. The molecule has 1 amide bonds. The Morgan fingerprint density at radius 2 is 2.12 bits per heavy atom. The van der Waals surface area contributed by atoms with E-state index in [-0.39, 0.29) is 6.03 Å². The molecule has 0 aliphatic rings. The summed E-state index contributed by atoms with van der Waals surface area (Å²) in [6, 6.07) is 8.91. The molecule has 0 aliphatic carbocycles. The molecule has 84 valence electrons. The Morgan fingerprint density at radius 3 is 2.81 bits per heavy atom. The molecule has 0 fully saturated rings. The minimum absolute atomic E-state index is 0.325. The Kier molecular flexibility index (Phi) is 2.85. The quantitative estimate of drug-likeness (QED) is 0.716. The first-order chi connectivity index (χ1) is 7.65. The highest BCUT2D eigenvalue weighted by atomic mass is 35.5. The number of carbonyl (C=O) groups excluding carboxylic acids is 1. The van der Waals surface area contributed by atoms with Gasteiger partial charge in [-0.05, 0) is 12.1 Å². The lowest BCUT2D eigenvalue weighted by molar-refractivity contribution is -0.0640. The van der Waals surface area contributed by atoms with E-state index in [4.69, 9.17) is 16.4 Å². The number of hydroxylamine groups is 2. The van der Waals surface area contributed by atoms with Crippen LogP contribution in [0.5, 0.6) is 0 Å². The lowest BCUT2D eigenvalue weighted by atomic mass is 10.2. The van der Waals surface area contributed by atoms with Gasteiger partial charge in [-0.25, -0.2) is 14.4 Å². The number of amides is 1. The van der Waals surface area contributed by atoms with Crippen molar-refractivity contribution in [1.29, 1.82) is 0 Å². The minimum atomic E-state index is -0.325. The number of nitrogens with zero attached hydrogens (tertiary/aromatic N) is 2. The van der Waals surface area contributed by atoms with Crippen LogP contribution in [0.3, 0.4) is 0 Å². The molecule has 16 heavy (non-hydrogen) atoms. The van der Waals surface area contributed by atoms with Crippen LogP contribution in [0.1, 0.15) is 0 Å². The van der Waals surface area contributed by atoms with Crippen LogP contribution in [0, 0.1) is 0 Å². The molecule has 0 saturated carbocycles. The smallest absolute Gasteiger partial charge is 0.273 e. The second-order valence-electron chi connectivity index (χ2n) is 3.32. The first-order valence-corrected chi connectivity index (χ1v) is 5.11. The van der Waals surface area contributed by atoms with Crippen molar-refractivity contribution in [2.45, 2.75) is 0 Å². The molecular weight excluding hydrogens is 228 g/mol. The maximum atomic E-state index is 12.0. The Bertz CT molecular complexity index is 536. The van der Waals surface area contributed by atoms with Crippen molar-refractivity contribution in [1.82, 2.24) is 9.63 Å². The summed E-state index contributed by atoms with van der Waals surface area (Å²) in [5.74, 6) is 0. The summed E-state index contributed by atoms with van der Waals surface area (Å²) in [7, 11) is 2.96. The van der Waals surface area contributed by atoms with Gasteiger partial charge in [-0.15, -0.1) is 0 Å². The van der Waals surface area contributed by atoms with E-state index in [0.717, 1.165) is 16.0 Å². The Balaban J connectivity index is 2.59. The van der Waals surface area contributed by atoms with Gasteiger partial charge in [-0.2, -0.15) is 0 Å². The highest BCUT2D eigenvalue weighted by molar-refractivity contribution is 6.32. The zero-order chi connectivity index (χ0) is 11.7. The first-order valence-electron chi connectivity index (χ1n) is 4.73. The highest BCUT2D eigenvalue weighted by Gasteiger charge is 2.16. The molecule has 1 aromatic heterocycles.